The summed E-state index contributed by atoms with van der Waals surface area (Å²) in [5.74, 6) is 0. The van der Waals surface area contributed by atoms with Crippen LogP contribution in [-0.2, 0) is 14.5 Å². The maximum Gasteiger partial charge on any atom is 0.0816 e. The van der Waals surface area contributed by atoms with E-state index in [4.69, 9.17) is 20.2 Å². The van der Waals surface area contributed by atoms with Crippen molar-refractivity contribution < 1.29 is 14.5 Å². The quantitative estimate of drug-likeness (QED) is 0.501. The van der Waals surface area contributed by atoms with Crippen molar-refractivity contribution in [1.82, 2.24) is 25.4 Å². The molecule has 0 saturated carbocycles. The van der Waals surface area contributed by atoms with Crippen LogP contribution in [0, 0.1) is 0 Å². The second-order valence-corrected chi connectivity index (χ2v) is 12.2. The van der Waals surface area contributed by atoms with Crippen molar-refractivity contribution >= 4 is 0 Å². The SMILES string of the molecule is CCC1CN(OC(C)(C)C)CCN(OC(C)(C)C)CCN(CNCCN)CCN1OC(C)(C)C. The maximum atomic E-state index is 6.47. The Hall–Kier alpha value is -0.360. The highest BCUT2D eigenvalue weighted by atomic mass is 16.7. The molecule has 9 nitrogen and oxygen atoms in total. The standard InChI is InChI=1S/C25H56N6O3/c1-11-22-20-30(33-24(5,6)7)18-17-29(32-23(2,3)4)16-14-28(21-27-13-12-26)15-19-31(22)34-25(8,9)10/h22,27H,11-21,26H2,1-10H3. The molecule has 0 bridgehead atoms. The van der Waals surface area contributed by atoms with Gasteiger partial charge in [0.05, 0.1) is 22.8 Å². The molecule has 0 aromatic carbocycles. The third-order valence-electron chi connectivity index (χ3n) is 5.05. The van der Waals surface area contributed by atoms with Crippen molar-refractivity contribution in [2.24, 2.45) is 5.73 Å². The van der Waals surface area contributed by atoms with Crippen LogP contribution in [0.15, 0.2) is 0 Å². The lowest BCUT2D eigenvalue weighted by atomic mass is 10.2. The molecule has 1 unspecified atom stereocenters. The number of nitrogens with zero attached hydrogens (tertiary/aromatic N) is 4. The van der Waals surface area contributed by atoms with E-state index in [1.165, 1.54) is 0 Å². The normalized spacial score (nSPS) is 22.5. The molecule has 34 heavy (non-hydrogen) atoms. The average Bonchev–Trinajstić information content (AvgIpc) is 2.66. The molecule has 0 amide bonds. The van der Waals surface area contributed by atoms with Gasteiger partial charge in [0.15, 0.2) is 0 Å². The number of nitrogens with two attached hydrogens (primary N) is 1. The zero-order valence-corrected chi connectivity index (χ0v) is 23.9. The molecule has 9 heteroatoms. The third-order valence-corrected chi connectivity index (χ3v) is 5.05. The Bertz CT molecular complexity index is 544. The Labute approximate surface area is 210 Å². The first-order valence-corrected chi connectivity index (χ1v) is 13.1. The molecular weight excluding hydrogens is 432 g/mol. The molecule has 1 fully saturated rings. The first kappa shape index (κ1) is 31.7. The van der Waals surface area contributed by atoms with Gasteiger partial charge < -0.3 is 11.1 Å². The number of rotatable bonds is 8. The van der Waals surface area contributed by atoms with E-state index in [1.54, 1.807) is 0 Å². The molecule has 1 rings (SSSR count). The second kappa shape index (κ2) is 14.4. The molecule has 1 atom stereocenters. The number of hydrogen-bond acceptors (Lipinski definition) is 9. The van der Waals surface area contributed by atoms with Gasteiger partial charge in [0, 0.05) is 65.6 Å². The number of nitrogens with one attached hydrogen (secondary N) is 1. The van der Waals surface area contributed by atoms with Crippen LogP contribution in [-0.4, -0.2) is 109 Å². The Morgan fingerprint density at radius 1 is 0.735 bits per heavy atom. The highest BCUT2D eigenvalue weighted by Crippen LogP contribution is 2.19. The Morgan fingerprint density at radius 2 is 1.24 bits per heavy atom. The van der Waals surface area contributed by atoms with Crippen molar-refractivity contribution in [2.75, 3.05) is 65.6 Å². The summed E-state index contributed by atoms with van der Waals surface area (Å²) in [4.78, 5) is 21.6. The summed E-state index contributed by atoms with van der Waals surface area (Å²) in [5.41, 5.74) is 4.92. The maximum absolute atomic E-state index is 6.47. The molecule has 0 radical (unpaired) electrons. The predicted octanol–water partition coefficient (Wildman–Crippen LogP) is 2.68. The first-order valence-electron chi connectivity index (χ1n) is 13.1. The van der Waals surface area contributed by atoms with Crippen LogP contribution in [0.1, 0.15) is 75.7 Å². The van der Waals surface area contributed by atoms with E-state index in [0.717, 1.165) is 65.4 Å². The van der Waals surface area contributed by atoms with E-state index in [0.29, 0.717) is 6.54 Å². The number of hydroxylamine groups is 6. The van der Waals surface area contributed by atoms with Crippen LogP contribution in [0.2, 0.25) is 0 Å². The van der Waals surface area contributed by atoms with Crippen molar-refractivity contribution in [2.45, 2.75) is 98.5 Å². The van der Waals surface area contributed by atoms with Crippen molar-refractivity contribution in [3.63, 3.8) is 0 Å². The second-order valence-electron chi connectivity index (χ2n) is 12.2. The molecule has 0 aliphatic carbocycles. The van der Waals surface area contributed by atoms with Gasteiger partial charge in [-0.25, -0.2) is 0 Å². The third kappa shape index (κ3) is 14.9. The molecular formula is C25H56N6O3. The van der Waals surface area contributed by atoms with E-state index >= 15 is 0 Å². The van der Waals surface area contributed by atoms with E-state index < -0.39 is 0 Å². The molecule has 0 aromatic rings. The largest absolute Gasteiger partial charge is 0.329 e. The monoisotopic (exact) mass is 488 g/mol. The Balaban J connectivity index is 3.16. The molecule has 1 heterocycles. The van der Waals surface area contributed by atoms with E-state index in [1.807, 2.05) is 0 Å². The van der Waals surface area contributed by atoms with Gasteiger partial charge in [-0.3, -0.25) is 19.4 Å². The minimum Gasteiger partial charge on any atom is -0.329 e. The molecule has 0 spiro atoms. The van der Waals surface area contributed by atoms with E-state index in [-0.39, 0.29) is 22.8 Å². The summed E-state index contributed by atoms with van der Waals surface area (Å²) in [5, 5.41) is 9.84. The molecule has 0 aromatic heterocycles. The van der Waals surface area contributed by atoms with Gasteiger partial charge in [0.2, 0.25) is 0 Å². The summed E-state index contributed by atoms with van der Waals surface area (Å²) < 4.78 is 0. The summed E-state index contributed by atoms with van der Waals surface area (Å²) in [6.45, 7) is 29.0. The van der Waals surface area contributed by atoms with Gasteiger partial charge in [-0.1, -0.05) is 6.92 Å². The predicted molar refractivity (Wildman–Crippen MR) is 140 cm³/mol. The molecule has 204 valence electrons. The minimum atomic E-state index is -0.272. The summed E-state index contributed by atoms with van der Waals surface area (Å²) in [6, 6.07) is 0.205. The van der Waals surface area contributed by atoms with E-state index in [2.05, 4.69) is 94.6 Å². The highest BCUT2D eigenvalue weighted by Gasteiger charge is 2.29. The summed E-state index contributed by atoms with van der Waals surface area (Å²) in [6.07, 6.45) is 0.966. The van der Waals surface area contributed by atoms with Gasteiger partial charge in [-0.15, -0.1) is 0 Å². The van der Waals surface area contributed by atoms with Gasteiger partial charge >= 0.3 is 0 Å². The lowest BCUT2D eigenvalue weighted by molar-refractivity contribution is -0.289. The number of hydrogen-bond donors (Lipinski definition) is 2. The van der Waals surface area contributed by atoms with Gasteiger partial charge in [0.25, 0.3) is 0 Å². The fourth-order valence-corrected chi connectivity index (χ4v) is 3.79. The Morgan fingerprint density at radius 3 is 1.76 bits per heavy atom. The minimum absolute atomic E-state index is 0.205. The molecule has 3 N–H and O–H groups in total. The fourth-order valence-electron chi connectivity index (χ4n) is 3.79. The Kier molecular flexibility index (Phi) is 13.4. The summed E-state index contributed by atoms with van der Waals surface area (Å²) >= 11 is 0. The van der Waals surface area contributed by atoms with Gasteiger partial charge in [-0.05, 0) is 68.7 Å². The van der Waals surface area contributed by atoms with Gasteiger partial charge in [0.1, 0.15) is 0 Å². The molecule has 1 aliphatic rings. The van der Waals surface area contributed by atoms with E-state index in [9.17, 15) is 0 Å². The van der Waals surface area contributed by atoms with Crippen LogP contribution in [0.3, 0.4) is 0 Å². The zero-order chi connectivity index (χ0) is 26.0. The first-order chi connectivity index (χ1) is 15.6. The van der Waals surface area contributed by atoms with Crippen LogP contribution in [0.5, 0.6) is 0 Å². The van der Waals surface area contributed by atoms with Crippen LogP contribution in [0.4, 0.5) is 0 Å². The fraction of sp³-hybridized carbons (Fsp3) is 1.00. The lowest BCUT2D eigenvalue weighted by Gasteiger charge is -2.41. The van der Waals surface area contributed by atoms with Crippen molar-refractivity contribution in [3.05, 3.63) is 0 Å². The van der Waals surface area contributed by atoms with Crippen LogP contribution < -0.4 is 11.1 Å². The summed E-state index contributed by atoms with van der Waals surface area (Å²) in [7, 11) is 0. The smallest absolute Gasteiger partial charge is 0.0816 e. The lowest BCUT2D eigenvalue weighted by Crippen LogP contribution is -2.53. The van der Waals surface area contributed by atoms with Crippen molar-refractivity contribution in [3.8, 4) is 0 Å². The molecule has 1 saturated heterocycles. The highest BCUT2D eigenvalue weighted by molar-refractivity contribution is 4.75. The van der Waals surface area contributed by atoms with Crippen molar-refractivity contribution in [1.29, 1.82) is 0 Å². The van der Waals surface area contributed by atoms with Crippen LogP contribution >= 0.6 is 0 Å². The molecule has 1 aliphatic heterocycles. The zero-order valence-electron chi connectivity index (χ0n) is 23.9. The van der Waals surface area contributed by atoms with Crippen LogP contribution in [0.25, 0.3) is 0 Å². The average molecular weight is 489 g/mol. The topological polar surface area (TPSA) is 78.7 Å². The van der Waals surface area contributed by atoms with Gasteiger partial charge in [-0.2, -0.15) is 15.2 Å².